The van der Waals surface area contributed by atoms with Crippen molar-refractivity contribution in [3.8, 4) is 10.4 Å². The number of hydrogen-bond donors (Lipinski definition) is 1. The van der Waals surface area contributed by atoms with E-state index >= 15 is 0 Å². The summed E-state index contributed by atoms with van der Waals surface area (Å²) in [4.78, 5) is 5.50. The van der Waals surface area contributed by atoms with Crippen LogP contribution in [-0.4, -0.2) is 29.4 Å². The van der Waals surface area contributed by atoms with E-state index in [0.717, 1.165) is 15.7 Å². The maximum absolute atomic E-state index is 10.2. The Balaban J connectivity index is 2.20. The van der Waals surface area contributed by atoms with E-state index in [-0.39, 0.29) is 0 Å². The highest BCUT2D eigenvalue weighted by molar-refractivity contribution is 9.10. The molecule has 2 aromatic rings. The molecule has 0 aliphatic carbocycles. The van der Waals surface area contributed by atoms with Gasteiger partial charge < -0.3 is 9.84 Å². The van der Waals surface area contributed by atoms with E-state index in [1.807, 2.05) is 12.1 Å². The van der Waals surface area contributed by atoms with Gasteiger partial charge in [-0.05, 0) is 46.6 Å². The molecule has 3 nitrogen and oxygen atoms in total. The van der Waals surface area contributed by atoms with Crippen LogP contribution >= 0.6 is 27.3 Å². The molecule has 0 saturated carbocycles. The Morgan fingerprint density at radius 1 is 1.47 bits per heavy atom. The van der Waals surface area contributed by atoms with Crippen molar-refractivity contribution in [1.29, 1.82) is 0 Å². The number of methoxy groups -OCH3 is 1. The third-order valence-corrected chi connectivity index (χ3v) is 4.43. The predicted molar refractivity (Wildman–Crippen MR) is 81.5 cm³/mol. The average Bonchev–Trinajstić information content (AvgIpc) is 2.75. The lowest BCUT2D eigenvalue weighted by molar-refractivity contribution is -0.0167. The highest BCUT2D eigenvalue weighted by atomic mass is 79.9. The van der Waals surface area contributed by atoms with Gasteiger partial charge in [0.25, 0.3) is 0 Å². The van der Waals surface area contributed by atoms with E-state index in [1.54, 1.807) is 31.6 Å². The molecule has 0 aliphatic rings. The number of pyridine rings is 1. The number of halogens is 1. The number of rotatable bonds is 5. The first-order valence-corrected chi connectivity index (χ1v) is 7.58. The van der Waals surface area contributed by atoms with Crippen LogP contribution < -0.4 is 0 Å². The summed E-state index contributed by atoms with van der Waals surface area (Å²) in [5, 5.41) is 12.2. The highest BCUT2D eigenvalue weighted by Crippen LogP contribution is 2.30. The van der Waals surface area contributed by atoms with Crippen LogP contribution in [0.5, 0.6) is 0 Å². The van der Waals surface area contributed by atoms with Crippen molar-refractivity contribution in [2.75, 3.05) is 13.7 Å². The van der Waals surface area contributed by atoms with Crippen molar-refractivity contribution in [2.45, 2.75) is 18.9 Å². The number of hydrogen-bond acceptors (Lipinski definition) is 4. The summed E-state index contributed by atoms with van der Waals surface area (Å²) in [6, 6.07) is 6.08. The lowest BCUT2D eigenvalue weighted by Gasteiger charge is -2.21. The van der Waals surface area contributed by atoms with Crippen molar-refractivity contribution < 1.29 is 9.84 Å². The molecule has 1 N–H and O–H groups in total. The fourth-order valence-corrected chi connectivity index (χ4v) is 3.37. The molecule has 0 saturated heterocycles. The molecule has 0 amide bonds. The maximum atomic E-state index is 10.2. The topological polar surface area (TPSA) is 42.4 Å². The van der Waals surface area contributed by atoms with Gasteiger partial charge in [0.2, 0.25) is 0 Å². The van der Waals surface area contributed by atoms with Crippen LogP contribution in [0.1, 0.15) is 12.6 Å². The smallest absolute Gasteiger partial charge is 0.0907 e. The molecular weight excluding hydrogens is 326 g/mol. The molecule has 1 unspecified atom stereocenters. The second kappa shape index (κ2) is 6.13. The molecule has 2 heterocycles. The molecule has 102 valence electrons. The second-order valence-corrected chi connectivity index (χ2v) is 6.60. The van der Waals surface area contributed by atoms with Gasteiger partial charge in [0.05, 0.1) is 12.2 Å². The second-order valence-electron chi connectivity index (χ2n) is 4.77. The fraction of sp³-hybridized carbons (Fsp3) is 0.357. The molecule has 2 aromatic heterocycles. The van der Waals surface area contributed by atoms with Crippen molar-refractivity contribution in [2.24, 2.45) is 0 Å². The Morgan fingerprint density at radius 3 is 2.89 bits per heavy atom. The fourth-order valence-electron chi connectivity index (χ4n) is 1.94. The Bertz CT molecular complexity index is 554. The van der Waals surface area contributed by atoms with Gasteiger partial charge in [0, 0.05) is 40.2 Å². The SMILES string of the molecule is COCC(C)(O)Cc1cc(-c2cc(Br)cs2)ccn1. The first-order chi connectivity index (χ1) is 9.00. The first-order valence-electron chi connectivity index (χ1n) is 5.91. The summed E-state index contributed by atoms with van der Waals surface area (Å²) in [6.07, 6.45) is 2.25. The lowest BCUT2D eigenvalue weighted by Crippen LogP contribution is -2.33. The minimum atomic E-state index is -0.892. The van der Waals surface area contributed by atoms with Crippen molar-refractivity contribution in [3.63, 3.8) is 0 Å². The van der Waals surface area contributed by atoms with Gasteiger partial charge in [0.15, 0.2) is 0 Å². The van der Waals surface area contributed by atoms with Gasteiger partial charge in [-0.3, -0.25) is 4.98 Å². The standard InChI is InChI=1S/C14H16BrNO2S/c1-14(17,9-18-2)7-12-5-10(3-4-16-12)13-6-11(15)8-19-13/h3-6,8,17H,7,9H2,1-2H3. The van der Waals surface area contributed by atoms with E-state index in [4.69, 9.17) is 4.74 Å². The summed E-state index contributed by atoms with van der Waals surface area (Å²) in [7, 11) is 1.58. The van der Waals surface area contributed by atoms with Gasteiger partial charge in [0.1, 0.15) is 0 Å². The maximum Gasteiger partial charge on any atom is 0.0907 e. The van der Waals surface area contributed by atoms with Crippen LogP contribution in [0.4, 0.5) is 0 Å². The zero-order valence-electron chi connectivity index (χ0n) is 10.9. The van der Waals surface area contributed by atoms with Crippen molar-refractivity contribution in [3.05, 3.63) is 39.9 Å². The van der Waals surface area contributed by atoms with E-state index in [9.17, 15) is 5.11 Å². The van der Waals surface area contributed by atoms with Crippen LogP contribution in [0.25, 0.3) is 10.4 Å². The number of nitrogens with zero attached hydrogens (tertiary/aromatic N) is 1. The number of aliphatic hydroxyl groups is 1. The van der Waals surface area contributed by atoms with E-state index in [0.29, 0.717) is 13.0 Å². The number of thiophene rings is 1. The number of aromatic nitrogens is 1. The molecule has 2 rings (SSSR count). The summed E-state index contributed by atoms with van der Waals surface area (Å²) >= 11 is 5.13. The van der Waals surface area contributed by atoms with Gasteiger partial charge >= 0.3 is 0 Å². The minimum Gasteiger partial charge on any atom is -0.387 e. The molecule has 0 radical (unpaired) electrons. The highest BCUT2D eigenvalue weighted by Gasteiger charge is 2.21. The minimum absolute atomic E-state index is 0.295. The summed E-state index contributed by atoms with van der Waals surface area (Å²) in [6.45, 7) is 2.05. The van der Waals surface area contributed by atoms with Gasteiger partial charge in [-0.15, -0.1) is 11.3 Å². The summed E-state index contributed by atoms with van der Waals surface area (Å²) in [5.74, 6) is 0. The average molecular weight is 342 g/mol. The Hall–Kier alpha value is -0.750. The van der Waals surface area contributed by atoms with E-state index in [2.05, 4.69) is 32.4 Å². The Labute approximate surface area is 125 Å². The normalized spacial score (nSPS) is 14.3. The van der Waals surface area contributed by atoms with Crippen LogP contribution in [0, 0.1) is 0 Å². The third-order valence-electron chi connectivity index (χ3n) is 2.69. The molecule has 0 fully saturated rings. The third kappa shape index (κ3) is 4.11. The molecule has 0 spiro atoms. The number of ether oxygens (including phenoxy) is 1. The largest absolute Gasteiger partial charge is 0.387 e. The Morgan fingerprint density at radius 2 is 2.26 bits per heavy atom. The monoisotopic (exact) mass is 341 g/mol. The first kappa shape index (κ1) is 14.7. The van der Waals surface area contributed by atoms with Crippen LogP contribution in [0.2, 0.25) is 0 Å². The van der Waals surface area contributed by atoms with Crippen LogP contribution in [0.15, 0.2) is 34.2 Å². The molecule has 0 bridgehead atoms. The molecular formula is C14H16BrNO2S. The molecule has 19 heavy (non-hydrogen) atoms. The van der Waals surface area contributed by atoms with Gasteiger partial charge in [-0.2, -0.15) is 0 Å². The predicted octanol–water partition coefficient (Wildman–Crippen LogP) is 3.51. The van der Waals surface area contributed by atoms with E-state index < -0.39 is 5.60 Å². The van der Waals surface area contributed by atoms with Gasteiger partial charge in [-0.1, -0.05) is 0 Å². The lowest BCUT2D eigenvalue weighted by atomic mass is 10.00. The summed E-state index contributed by atoms with van der Waals surface area (Å²) in [5.41, 5.74) is 1.09. The zero-order chi connectivity index (χ0) is 13.9. The van der Waals surface area contributed by atoms with Crippen molar-refractivity contribution in [1.82, 2.24) is 4.98 Å². The molecule has 1 atom stereocenters. The Kier molecular flexibility index (Phi) is 4.73. The molecule has 0 aromatic carbocycles. The quantitative estimate of drug-likeness (QED) is 0.904. The van der Waals surface area contributed by atoms with Crippen molar-refractivity contribution >= 4 is 27.3 Å². The zero-order valence-corrected chi connectivity index (χ0v) is 13.3. The van der Waals surface area contributed by atoms with Gasteiger partial charge in [-0.25, -0.2) is 0 Å². The van der Waals surface area contributed by atoms with Crippen LogP contribution in [-0.2, 0) is 11.2 Å². The molecule has 0 aliphatic heterocycles. The molecule has 5 heteroatoms. The van der Waals surface area contributed by atoms with Crippen LogP contribution in [0.3, 0.4) is 0 Å². The summed E-state index contributed by atoms with van der Waals surface area (Å²) < 4.78 is 6.10. The van der Waals surface area contributed by atoms with E-state index in [1.165, 1.54) is 4.88 Å².